The molecule has 0 saturated carbocycles. The average molecular weight is 843 g/mol. The highest BCUT2D eigenvalue weighted by atomic mass is 16.6. The highest BCUT2D eigenvalue weighted by Gasteiger charge is 2.19. The first-order valence-corrected chi connectivity index (χ1v) is 24.2. The second-order valence-corrected chi connectivity index (χ2v) is 15.5. The lowest BCUT2D eigenvalue weighted by Gasteiger charge is -2.18. The number of hydrogen-bond donors (Lipinski definition) is 0. The fourth-order valence-electron chi connectivity index (χ4n) is 6.13. The van der Waals surface area contributed by atoms with Crippen LogP contribution in [0.15, 0.2) is 122 Å². The lowest BCUT2D eigenvalue weighted by Crippen LogP contribution is -2.30. The molecule has 0 heterocycles. The molecule has 0 saturated heterocycles. The van der Waals surface area contributed by atoms with E-state index in [0.29, 0.717) is 19.3 Å². The Kier molecular flexibility index (Phi) is 45.1. The number of hydrogen-bond acceptors (Lipinski definition) is 6. The Morgan fingerprint density at radius 2 is 0.639 bits per heavy atom. The molecule has 6 nitrogen and oxygen atoms in total. The van der Waals surface area contributed by atoms with Gasteiger partial charge in [0.2, 0.25) is 0 Å². The van der Waals surface area contributed by atoms with Crippen LogP contribution < -0.4 is 0 Å². The van der Waals surface area contributed by atoms with E-state index in [2.05, 4.69) is 45.1 Å². The largest absolute Gasteiger partial charge is 0.462 e. The second kappa shape index (κ2) is 48.5. The molecule has 1 unspecified atom stereocenters. The van der Waals surface area contributed by atoms with Gasteiger partial charge in [-0.1, -0.05) is 232 Å². The minimum absolute atomic E-state index is 0.111. The van der Waals surface area contributed by atoms with Crippen LogP contribution in [0.2, 0.25) is 0 Å². The van der Waals surface area contributed by atoms with E-state index in [1.807, 2.05) is 97.2 Å². The van der Waals surface area contributed by atoms with E-state index in [4.69, 9.17) is 14.2 Å². The molecule has 0 N–H and O–H groups in total. The predicted octanol–water partition coefficient (Wildman–Crippen LogP) is 15.7. The normalized spacial score (nSPS) is 13.2. The molecule has 0 aliphatic rings. The van der Waals surface area contributed by atoms with E-state index in [0.717, 1.165) is 77.0 Å². The highest BCUT2D eigenvalue weighted by molar-refractivity contribution is 5.71. The number of esters is 3. The first-order chi connectivity index (χ1) is 30.0. The Labute approximate surface area is 373 Å². The summed E-state index contributed by atoms with van der Waals surface area (Å²) in [6.07, 6.45) is 66.0. The van der Waals surface area contributed by atoms with Crippen LogP contribution in [0.5, 0.6) is 0 Å². The molecular weight excluding hydrogens is 757 g/mol. The van der Waals surface area contributed by atoms with Crippen LogP contribution in [0.1, 0.15) is 188 Å². The molecule has 0 amide bonds. The summed E-state index contributed by atoms with van der Waals surface area (Å²) in [7, 11) is 0. The van der Waals surface area contributed by atoms with Crippen LogP contribution in [0.25, 0.3) is 0 Å². The highest BCUT2D eigenvalue weighted by Crippen LogP contribution is 2.14. The lowest BCUT2D eigenvalue weighted by atomic mass is 10.0. The Morgan fingerprint density at radius 1 is 0.344 bits per heavy atom. The van der Waals surface area contributed by atoms with Crippen molar-refractivity contribution in [1.82, 2.24) is 0 Å². The van der Waals surface area contributed by atoms with Gasteiger partial charge in [0.1, 0.15) is 13.2 Å². The van der Waals surface area contributed by atoms with Gasteiger partial charge in [-0.15, -0.1) is 0 Å². The van der Waals surface area contributed by atoms with E-state index in [9.17, 15) is 14.4 Å². The molecule has 0 aromatic carbocycles. The van der Waals surface area contributed by atoms with E-state index < -0.39 is 6.10 Å². The maximum atomic E-state index is 12.7. The SMILES string of the molecule is CC\C=C/C=C\C=C/C=C\C=C\C=C/CCCCCC(=O)OCC(COC(=O)CCCCCCCCCCCCCCC)OC(=O)CCCCC\C=C/C=C\C=C/C=C\CC. The summed E-state index contributed by atoms with van der Waals surface area (Å²) in [5, 5.41) is 0. The van der Waals surface area contributed by atoms with Crippen molar-refractivity contribution in [3.8, 4) is 0 Å². The van der Waals surface area contributed by atoms with Gasteiger partial charge in [0.05, 0.1) is 0 Å². The Balaban J connectivity index is 4.56. The summed E-state index contributed by atoms with van der Waals surface area (Å²) in [5.41, 5.74) is 0. The Morgan fingerprint density at radius 3 is 1.00 bits per heavy atom. The molecule has 0 aliphatic carbocycles. The van der Waals surface area contributed by atoms with Crippen LogP contribution in [0, 0.1) is 0 Å². The molecule has 1 atom stereocenters. The topological polar surface area (TPSA) is 78.9 Å². The summed E-state index contributed by atoms with van der Waals surface area (Å²) in [4.78, 5) is 37.9. The third-order valence-corrected chi connectivity index (χ3v) is 9.72. The summed E-state index contributed by atoms with van der Waals surface area (Å²) in [6, 6.07) is 0. The van der Waals surface area contributed by atoms with Gasteiger partial charge in [-0.3, -0.25) is 14.4 Å². The van der Waals surface area contributed by atoms with Gasteiger partial charge < -0.3 is 14.2 Å². The van der Waals surface area contributed by atoms with E-state index >= 15 is 0 Å². The molecule has 0 aromatic rings. The number of unbranched alkanes of at least 4 members (excludes halogenated alkanes) is 18. The molecule has 0 fully saturated rings. The fraction of sp³-hybridized carbons (Fsp3) is 0.582. The smallest absolute Gasteiger partial charge is 0.306 e. The lowest BCUT2D eigenvalue weighted by molar-refractivity contribution is -0.167. The van der Waals surface area contributed by atoms with Gasteiger partial charge in [0, 0.05) is 19.3 Å². The van der Waals surface area contributed by atoms with Crippen molar-refractivity contribution < 1.29 is 28.6 Å². The van der Waals surface area contributed by atoms with Gasteiger partial charge in [-0.25, -0.2) is 0 Å². The van der Waals surface area contributed by atoms with E-state index in [1.165, 1.54) is 64.2 Å². The van der Waals surface area contributed by atoms with E-state index in [-0.39, 0.29) is 37.5 Å². The maximum absolute atomic E-state index is 12.7. The Hall–Kier alpha value is -4.19. The van der Waals surface area contributed by atoms with E-state index in [1.54, 1.807) is 0 Å². The molecule has 0 aliphatic heterocycles. The zero-order valence-corrected chi connectivity index (χ0v) is 38.9. The maximum Gasteiger partial charge on any atom is 0.306 e. The molecule has 0 aromatic heterocycles. The molecule has 0 spiro atoms. The minimum atomic E-state index is -0.817. The van der Waals surface area contributed by atoms with Gasteiger partial charge in [0.25, 0.3) is 0 Å². The number of carbonyl (C=O) groups is 3. The monoisotopic (exact) mass is 843 g/mol. The van der Waals surface area contributed by atoms with Gasteiger partial charge >= 0.3 is 17.9 Å². The summed E-state index contributed by atoms with van der Waals surface area (Å²) >= 11 is 0. The minimum Gasteiger partial charge on any atom is -0.462 e. The average Bonchev–Trinajstić information content (AvgIpc) is 3.26. The number of rotatable bonds is 41. The molecule has 61 heavy (non-hydrogen) atoms. The van der Waals surface area contributed by atoms with Gasteiger partial charge in [-0.2, -0.15) is 0 Å². The first kappa shape index (κ1) is 56.8. The Bertz CT molecular complexity index is 1340. The predicted molar refractivity (Wildman–Crippen MR) is 260 cm³/mol. The summed E-state index contributed by atoms with van der Waals surface area (Å²) < 4.78 is 16.7. The van der Waals surface area contributed by atoms with Crippen molar-refractivity contribution in [3.05, 3.63) is 122 Å². The number of ether oxygens (including phenoxy) is 3. The molecular formula is C55H86O6. The van der Waals surface area contributed by atoms with Crippen LogP contribution in [0.4, 0.5) is 0 Å². The molecule has 0 rings (SSSR count). The van der Waals surface area contributed by atoms with Crippen LogP contribution >= 0.6 is 0 Å². The summed E-state index contributed by atoms with van der Waals surface area (Å²) in [6.45, 7) is 6.25. The second-order valence-electron chi connectivity index (χ2n) is 15.5. The zero-order chi connectivity index (χ0) is 44.4. The number of carbonyl (C=O) groups excluding carboxylic acids is 3. The summed E-state index contributed by atoms with van der Waals surface area (Å²) in [5.74, 6) is -1.01. The number of allylic oxidation sites excluding steroid dienone is 20. The first-order valence-electron chi connectivity index (χ1n) is 24.2. The van der Waals surface area contributed by atoms with Crippen molar-refractivity contribution in [2.75, 3.05) is 13.2 Å². The standard InChI is InChI=1S/C55H86O6/c1-4-7-10-13-16-19-22-25-26-27-28-31-33-36-39-42-45-48-54(57)60-51-52(61-55(58)49-46-43-40-37-34-30-24-21-18-15-12-9-6-3)50-59-53(56)47-44-41-38-35-32-29-23-20-17-14-11-8-5-2/h7,9-10,12-13,15-16,18-19,21-22,24-28,30-31,33-34,52H,4-6,8,11,14,17,20,23,29,32,35-51H2,1-3H3/b10-7-,12-9-,16-13-,18-15-,22-19-,24-21-,26-25-,28-27+,33-31-,34-30-. The van der Waals surface area contributed by atoms with Crippen molar-refractivity contribution in [2.24, 2.45) is 0 Å². The van der Waals surface area contributed by atoms with Crippen LogP contribution in [-0.2, 0) is 28.6 Å². The van der Waals surface area contributed by atoms with Crippen molar-refractivity contribution in [3.63, 3.8) is 0 Å². The van der Waals surface area contributed by atoms with Crippen molar-refractivity contribution >= 4 is 17.9 Å². The van der Waals surface area contributed by atoms with Gasteiger partial charge in [-0.05, 0) is 57.8 Å². The fourth-order valence-corrected chi connectivity index (χ4v) is 6.13. The quantitative estimate of drug-likeness (QED) is 0.0264. The zero-order valence-electron chi connectivity index (χ0n) is 38.9. The molecule has 6 heteroatoms. The van der Waals surface area contributed by atoms with Crippen LogP contribution in [-0.4, -0.2) is 37.2 Å². The van der Waals surface area contributed by atoms with Gasteiger partial charge in [0.15, 0.2) is 6.10 Å². The molecule has 0 radical (unpaired) electrons. The third-order valence-electron chi connectivity index (χ3n) is 9.72. The van der Waals surface area contributed by atoms with Crippen molar-refractivity contribution in [1.29, 1.82) is 0 Å². The van der Waals surface area contributed by atoms with Crippen molar-refractivity contribution in [2.45, 2.75) is 194 Å². The molecule has 342 valence electrons. The molecule has 0 bridgehead atoms. The third kappa shape index (κ3) is 46.7. The van der Waals surface area contributed by atoms with Crippen LogP contribution in [0.3, 0.4) is 0 Å².